The maximum Gasteiger partial charge on any atom is 0.170 e. The largest absolute Gasteiger partial charge is 0.409 e. The Kier molecular flexibility index (Phi) is 3.90. The molecule has 0 radical (unpaired) electrons. The van der Waals surface area contributed by atoms with E-state index < -0.39 is 0 Å². The molecule has 0 bridgehead atoms. The predicted molar refractivity (Wildman–Crippen MR) is 71.1 cm³/mol. The van der Waals surface area contributed by atoms with Crippen LogP contribution in [0.2, 0.25) is 0 Å². The molecule has 19 heavy (non-hydrogen) atoms. The number of nitrogens with two attached hydrogens (primary N) is 1. The van der Waals surface area contributed by atoms with E-state index >= 15 is 0 Å². The van der Waals surface area contributed by atoms with Gasteiger partial charge in [-0.25, -0.2) is 4.39 Å². The van der Waals surface area contributed by atoms with Crippen LogP contribution in [0, 0.1) is 5.82 Å². The summed E-state index contributed by atoms with van der Waals surface area (Å²) in [6.07, 6.45) is 0.0688. The van der Waals surface area contributed by atoms with Gasteiger partial charge in [-0.05, 0) is 32.0 Å². The second-order valence-corrected chi connectivity index (χ2v) is 4.80. The molecule has 1 aromatic rings. The van der Waals surface area contributed by atoms with Gasteiger partial charge < -0.3 is 20.6 Å². The van der Waals surface area contributed by atoms with Crippen LogP contribution >= 0.6 is 0 Å². The minimum atomic E-state index is -0.384. The normalized spacial score (nSPS) is 24.6. The van der Waals surface area contributed by atoms with E-state index in [2.05, 4.69) is 5.16 Å². The molecule has 1 aliphatic rings. The summed E-state index contributed by atoms with van der Waals surface area (Å²) in [7, 11) is 0. The Morgan fingerprint density at radius 3 is 2.89 bits per heavy atom. The Hall–Kier alpha value is -1.82. The molecule has 1 saturated heterocycles. The van der Waals surface area contributed by atoms with E-state index in [-0.39, 0.29) is 23.8 Å². The zero-order chi connectivity index (χ0) is 14.0. The van der Waals surface area contributed by atoms with Gasteiger partial charge in [-0.3, -0.25) is 0 Å². The van der Waals surface area contributed by atoms with Crippen LogP contribution in [-0.2, 0) is 4.74 Å². The number of hydrogen-bond acceptors (Lipinski definition) is 4. The fourth-order valence-corrected chi connectivity index (χ4v) is 2.20. The van der Waals surface area contributed by atoms with Gasteiger partial charge in [0.05, 0.1) is 18.4 Å². The topological polar surface area (TPSA) is 71.1 Å². The van der Waals surface area contributed by atoms with Gasteiger partial charge in [-0.2, -0.15) is 0 Å². The van der Waals surface area contributed by atoms with Crippen molar-refractivity contribution >= 4 is 11.5 Å². The van der Waals surface area contributed by atoms with Crippen molar-refractivity contribution in [2.24, 2.45) is 10.9 Å². The summed E-state index contributed by atoms with van der Waals surface area (Å²) in [5.41, 5.74) is 6.31. The van der Waals surface area contributed by atoms with Gasteiger partial charge in [0.15, 0.2) is 5.84 Å². The highest BCUT2D eigenvalue weighted by molar-refractivity contribution is 5.97. The molecule has 2 unspecified atom stereocenters. The third-order valence-corrected chi connectivity index (χ3v) is 3.27. The van der Waals surface area contributed by atoms with Crippen LogP contribution in [0.4, 0.5) is 10.1 Å². The number of halogens is 1. The zero-order valence-corrected chi connectivity index (χ0v) is 11.0. The highest BCUT2D eigenvalue weighted by Crippen LogP contribution is 2.25. The van der Waals surface area contributed by atoms with Gasteiger partial charge >= 0.3 is 0 Å². The molecule has 5 nitrogen and oxygen atoms in total. The van der Waals surface area contributed by atoms with E-state index in [1.807, 2.05) is 18.7 Å². The number of amidine groups is 1. The van der Waals surface area contributed by atoms with Crippen molar-refractivity contribution in [3.8, 4) is 0 Å². The maximum absolute atomic E-state index is 14.2. The Labute approximate surface area is 111 Å². The molecule has 104 valence electrons. The molecule has 1 heterocycles. The van der Waals surface area contributed by atoms with Crippen LogP contribution in [0.5, 0.6) is 0 Å². The van der Waals surface area contributed by atoms with Crippen molar-refractivity contribution in [3.05, 3.63) is 29.6 Å². The van der Waals surface area contributed by atoms with Crippen molar-refractivity contribution < 1.29 is 14.3 Å². The van der Waals surface area contributed by atoms with Crippen molar-refractivity contribution in [1.29, 1.82) is 0 Å². The lowest BCUT2D eigenvalue weighted by molar-refractivity contribution is 0.0341. The van der Waals surface area contributed by atoms with E-state index in [0.717, 1.165) is 0 Å². The van der Waals surface area contributed by atoms with Crippen LogP contribution in [0.25, 0.3) is 0 Å². The minimum absolute atomic E-state index is 0.0688. The van der Waals surface area contributed by atoms with E-state index in [1.165, 1.54) is 6.07 Å². The van der Waals surface area contributed by atoms with Crippen LogP contribution in [0.15, 0.2) is 23.4 Å². The Balaban J connectivity index is 2.30. The van der Waals surface area contributed by atoms with Crippen molar-refractivity contribution in [2.45, 2.75) is 26.0 Å². The number of oxime groups is 1. The molecule has 2 rings (SSSR count). The Morgan fingerprint density at radius 2 is 2.26 bits per heavy atom. The standard InChI is InChI=1S/C13H18FN3O2/c1-8-7-19-9(2)6-17(8)12-4-3-10(5-11(12)14)13(15)16-18/h3-5,8-9,18H,6-7H2,1-2H3,(H2,15,16). The molecule has 0 saturated carbocycles. The van der Waals surface area contributed by atoms with Crippen molar-refractivity contribution in [3.63, 3.8) is 0 Å². The molecule has 0 aromatic heterocycles. The lowest BCUT2D eigenvalue weighted by atomic mass is 10.1. The highest BCUT2D eigenvalue weighted by atomic mass is 19.1. The monoisotopic (exact) mass is 267 g/mol. The fraction of sp³-hybridized carbons (Fsp3) is 0.462. The van der Waals surface area contributed by atoms with Gasteiger partial charge in [0.1, 0.15) is 5.82 Å². The van der Waals surface area contributed by atoms with E-state index in [0.29, 0.717) is 24.4 Å². The third kappa shape index (κ3) is 2.78. The number of rotatable bonds is 2. The molecule has 0 aliphatic carbocycles. The zero-order valence-electron chi connectivity index (χ0n) is 11.0. The first-order valence-electron chi connectivity index (χ1n) is 6.18. The van der Waals surface area contributed by atoms with Gasteiger partial charge in [0, 0.05) is 18.2 Å². The first-order chi connectivity index (χ1) is 9.02. The Bertz CT molecular complexity index is 493. The van der Waals surface area contributed by atoms with Crippen LogP contribution < -0.4 is 10.6 Å². The molecule has 1 aliphatic heterocycles. The maximum atomic E-state index is 14.2. The average Bonchev–Trinajstić information content (AvgIpc) is 2.41. The van der Waals surface area contributed by atoms with Crippen LogP contribution in [0.3, 0.4) is 0 Å². The number of anilines is 1. The number of morpholine rings is 1. The highest BCUT2D eigenvalue weighted by Gasteiger charge is 2.25. The second kappa shape index (κ2) is 5.44. The van der Waals surface area contributed by atoms with E-state index in [1.54, 1.807) is 12.1 Å². The van der Waals surface area contributed by atoms with Gasteiger partial charge in [0.25, 0.3) is 0 Å². The molecule has 6 heteroatoms. The van der Waals surface area contributed by atoms with Crippen LogP contribution in [-0.4, -0.2) is 36.3 Å². The third-order valence-electron chi connectivity index (χ3n) is 3.27. The second-order valence-electron chi connectivity index (χ2n) is 4.80. The molecule has 0 amide bonds. The summed E-state index contributed by atoms with van der Waals surface area (Å²) in [6, 6.07) is 4.68. The summed E-state index contributed by atoms with van der Waals surface area (Å²) >= 11 is 0. The summed E-state index contributed by atoms with van der Waals surface area (Å²) in [5, 5.41) is 11.5. The molecule has 0 spiro atoms. The van der Waals surface area contributed by atoms with E-state index in [4.69, 9.17) is 15.7 Å². The molecule has 1 fully saturated rings. The van der Waals surface area contributed by atoms with Gasteiger partial charge in [-0.1, -0.05) is 5.16 Å². The van der Waals surface area contributed by atoms with Gasteiger partial charge in [-0.15, -0.1) is 0 Å². The minimum Gasteiger partial charge on any atom is -0.409 e. The number of ether oxygens (including phenoxy) is 1. The fourth-order valence-electron chi connectivity index (χ4n) is 2.20. The number of nitrogens with zero attached hydrogens (tertiary/aromatic N) is 2. The lowest BCUT2D eigenvalue weighted by Gasteiger charge is -2.38. The van der Waals surface area contributed by atoms with Crippen LogP contribution in [0.1, 0.15) is 19.4 Å². The number of hydrogen-bond donors (Lipinski definition) is 2. The molecular weight excluding hydrogens is 249 g/mol. The summed E-state index contributed by atoms with van der Waals surface area (Å²) < 4.78 is 19.7. The van der Waals surface area contributed by atoms with Gasteiger partial charge in [0.2, 0.25) is 0 Å². The summed E-state index contributed by atoms with van der Waals surface area (Å²) in [4.78, 5) is 1.97. The molecule has 2 atom stereocenters. The number of benzene rings is 1. The SMILES string of the molecule is CC1CN(c2ccc(/C(N)=N/O)cc2F)C(C)CO1. The quantitative estimate of drug-likeness (QED) is 0.369. The molecular formula is C13H18FN3O2. The van der Waals surface area contributed by atoms with Crippen molar-refractivity contribution in [2.75, 3.05) is 18.1 Å². The first-order valence-corrected chi connectivity index (χ1v) is 6.18. The Morgan fingerprint density at radius 1 is 1.53 bits per heavy atom. The molecule has 3 N–H and O–H groups in total. The smallest absolute Gasteiger partial charge is 0.170 e. The summed E-state index contributed by atoms with van der Waals surface area (Å²) in [6.45, 7) is 5.16. The first kappa shape index (κ1) is 13.6. The lowest BCUT2D eigenvalue weighted by Crippen LogP contribution is -2.47. The van der Waals surface area contributed by atoms with Crippen molar-refractivity contribution in [1.82, 2.24) is 0 Å². The van der Waals surface area contributed by atoms with E-state index in [9.17, 15) is 4.39 Å². The molecule has 1 aromatic carbocycles. The summed E-state index contributed by atoms with van der Waals surface area (Å²) in [5.74, 6) is -0.487. The predicted octanol–water partition coefficient (Wildman–Crippen LogP) is 1.53. The average molecular weight is 267 g/mol.